The molecule has 0 amide bonds. The Morgan fingerprint density at radius 1 is 0.944 bits per heavy atom. The Hall–Kier alpha value is 1.06. The van der Waals surface area contributed by atoms with Crippen molar-refractivity contribution in [2.75, 3.05) is 13.1 Å². The van der Waals surface area contributed by atoms with Crippen LogP contribution in [0.5, 0.6) is 0 Å². The van der Waals surface area contributed by atoms with Crippen LogP contribution in [0.15, 0.2) is 0 Å². The summed E-state index contributed by atoms with van der Waals surface area (Å²) in [6.45, 7) is 3.85. The molecule has 0 rings (SSSR count). The van der Waals surface area contributed by atoms with E-state index < -0.39 is 10.2 Å². The molecule has 0 spiro atoms. The minimum absolute atomic E-state index is 0. The topological polar surface area (TPSA) is 185 Å². The molecule has 0 saturated heterocycles. The predicted octanol–water partition coefficient (Wildman–Crippen LogP) is -7.16. The van der Waals surface area contributed by atoms with Crippen molar-refractivity contribution in [3.8, 4) is 0 Å². The van der Waals surface area contributed by atoms with Gasteiger partial charge in [-0.2, -0.15) is 39.2 Å². The fourth-order valence-electron chi connectivity index (χ4n) is 0. The van der Waals surface area contributed by atoms with Gasteiger partial charge in [0.25, 0.3) is 0 Å². The van der Waals surface area contributed by atoms with Gasteiger partial charge in [-0.25, -0.2) is 0 Å². The first-order valence-corrected chi connectivity index (χ1v) is 5.15. The van der Waals surface area contributed by atoms with Crippen molar-refractivity contribution >= 4 is 0 Å². The van der Waals surface area contributed by atoms with Crippen LogP contribution in [-0.2, 0) is 16.8 Å². The second-order valence-corrected chi connectivity index (χ2v) is 3.40. The van der Waals surface area contributed by atoms with E-state index in [4.69, 9.17) is 41.6 Å². The van der Waals surface area contributed by atoms with Gasteiger partial charge in [-0.15, -0.1) is 0 Å². The minimum Gasteiger partial charge on any atom is -1.00 e. The van der Waals surface area contributed by atoms with Crippen molar-refractivity contribution in [1.82, 2.24) is 0 Å². The van der Waals surface area contributed by atoms with E-state index in [-0.39, 0.29) is 66.8 Å². The molecule has 5 N–H and O–H groups in total. The van der Waals surface area contributed by atoms with E-state index in [0.29, 0.717) is 0 Å². The van der Waals surface area contributed by atoms with Crippen LogP contribution in [-0.4, -0.2) is 29.8 Å². The van der Waals surface area contributed by atoms with Gasteiger partial charge < -0.3 is 47.7 Å². The van der Waals surface area contributed by atoms with E-state index in [1.54, 1.807) is 13.8 Å². The number of hydrogen-bond donors (Lipinski definition) is 1. The van der Waals surface area contributed by atoms with Crippen LogP contribution in [0.25, 0.3) is 22.9 Å². The van der Waals surface area contributed by atoms with Crippen molar-refractivity contribution in [2.45, 2.75) is 25.9 Å². The van der Waals surface area contributed by atoms with E-state index in [0.717, 1.165) is 0 Å². The van der Waals surface area contributed by atoms with Crippen LogP contribution in [0.3, 0.4) is 0 Å². The molecule has 118 valence electrons. The van der Waals surface area contributed by atoms with Crippen molar-refractivity contribution < 1.29 is 70.5 Å². The van der Waals surface area contributed by atoms with Crippen LogP contribution >= 0.6 is 0 Å². The van der Waals surface area contributed by atoms with Crippen molar-refractivity contribution in [3.63, 3.8) is 0 Å². The Morgan fingerprint density at radius 3 is 1.00 bits per heavy atom. The molecule has 0 fully saturated rings. The Labute approximate surface area is 132 Å². The summed E-state index contributed by atoms with van der Waals surface area (Å²) < 4.78 is 32.7. The summed E-state index contributed by atoms with van der Waals surface area (Å²) in [6, 6.07) is -0.398. The third kappa shape index (κ3) is 172. The maximum absolute atomic E-state index is 8.60. The Bertz CT molecular complexity index is 118. The monoisotopic (exact) mass is 373 g/mol. The fourth-order valence-corrected chi connectivity index (χ4v) is 0. The van der Waals surface area contributed by atoms with Crippen LogP contribution in [0.1, 0.15) is 13.8 Å². The van der Waals surface area contributed by atoms with Crippen molar-refractivity contribution in [3.05, 3.63) is 22.9 Å². The molecule has 0 radical (unpaired) electrons. The zero-order valence-corrected chi connectivity index (χ0v) is 13.0. The zero-order chi connectivity index (χ0) is 13.1. The quantitative estimate of drug-likeness (QED) is 0.503. The smallest absolute Gasteiger partial charge is 1.00 e. The van der Waals surface area contributed by atoms with Crippen LogP contribution in [0, 0.1) is 10.2 Å². The summed E-state index contributed by atoms with van der Waals surface area (Å²) in [5.74, 6) is 0. The van der Waals surface area contributed by atoms with Crippen LogP contribution in [0.2, 0.25) is 0 Å². The van der Waals surface area contributed by atoms with Gasteiger partial charge in [-0.3, -0.25) is 0 Å². The first kappa shape index (κ1) is 36.4. The van der Waals surface area contributed by atoms with Gasteiger partial charge in [0, 0.05) is 0 Å². The molecular weight excluding hydrogens is 357 g/mol. The fraction of sp³-hybridized carbons (Fsp3) is 1.00. The largest absolute Gasteiger partial charge is 3.00 e. The van der Waals surface area contributed by atoms with Gasteiger partial charge in [-0.1, -0.05) is 13.8 Å². The molecule has 18 heavy (non-hydrogen) atoms. The average Bonchev–Trinajstić information content (AvgIpc) is 2.02. The van der Waals surface area contributed by atoms with Gasteiger partial charge in [-0.05, 0) is 0 Å². The van der Waals surface area contributed by atoms with Gasteiger partial charge >= 0.3 is 16.8 Å². The third-order valence-corrected chi connectivity index (χ3v) is 0.612. The third-order valence-electron chi connectivity index (χ3n) is 0.612. The molecular formula is C6H17Cl3CoN4O4-3. The Balaban J connectivity index is -0.0000000277. The van der Waals surface area contributed by atoms with E-state index in [9.17, 15) is 0 Å². The summed E-state index contributed by atoms with van der Waals surface area (Å²) >= 11 is 0. The van der Waals surface area contributed by atoms with E-state index in [1.165, 1.54) is 0 Å². The molecule has 0 bridgehead atoms. The molecule has 0 aliphatic carbocycles. The standard InChI is InChI=1S/2C3H8N2.ClHO4.2ClH.Co/c2*1-3(5)2-4;2-1(3,4)5;;;/h2*3-5H,2H2,1H3;(H,2,3,4,5);2*1H;/q2*-2;;;;+3/p-2. The molecule has 0 aromatic carbocycles. The molecule has 8 nitrogen and oxygen atoms in total. The Kier molecular flexibility index (Phi) is 46.9. The average molecular weight is 375 g/mol. The molecule has 0 aromatic rings. The van der Waals surface area contributed by atoms with E-state index >= 15 is 0 Å². The maximum atomic E-state index is 8.60. The second kappa shape index (κ2) is 23.2. The van der Waals surface area contributed by atoms with Crippen LogP contribution < -0.4 is 38.8 Å². The first-order valence-electron chi connectivity index (χ1n) is 3.89. The van der Waals surface area contributed by atoms with Gasteiger partial charge in [0.15, 0.2) is 0 Å². The second-order valence-electron chi connectivity index (χ2n) is 2.61. The van der Waals surface area contributed by atoms with Gasteiger partial charge in [0.2, 0.25) is 0 Å². The number of halogens is 3. The molecule has 2 atom stereocenters. The predicted molar refractivity (Wildman–Crippen MR) is 48.2 cm³/mol. The summed E-state index contributed by atoms with van der Waals surface area (Å²) in [7, 11) is -4.69. The number of nitrogens with one attached hydrogen (secondary N) is 4. The summed E-state index contributed by atoms with van der Waals surface area (Å²) in [6.07, 6.45) is 0. The number of rotatable bonds is 2. The summed E-state index contributed by atoms with van der Waals surface area (Å²) in [5, 5.41) is 0. The maximum Gasteiger partial charge on any atom is 3.00 e. The first-order chi connectivity index (χ1) is 6.54. The van der Waals surface area contributed by atoms with E-state index in [1.807, 2.05) is 0 Å². The van der Waals surface area contributed by atoms with Crippen molar-refractivity contribution in [2.24, 2.45) is 0 Å². The molecule has 2 unspecified atom stereocenters. The summed E-state index contributed by atoms with van der Waals surface area (Å²) in [5.41, 5.74) is 26.2. The molecule has 0 aliphatic heterocycles. The van der Waals surface area contributed by atoms with Crippen LogP contribution in [0.4, 0.5) is 0 Å². The molecule has 0 saturated carbocycles. The zero-order valence-electron chi connectivity index (χ0n) is 9.71. The minimum atomic E-state index is -4.69. The SMILES string of the molecule is CC([NH-])C[NH-].CC([NH-])C[NH-].[Cl-].[Cl-].[Co+3].[O-][Cl+3]([O-])([O-])O. The molecule has 0 aliphatic rings. The van der Waals surface area contributed by atoms with Gasteiger partial charge in [0.1, 0.15) is 0 Å². The molecule has 0 heterocycles. The van der Waals surface area contributed by atoms with Gasteiger partial charge in [0.05, 0.1) is 14.9 Å². The van der Waals surface area contributed by atoms with E-state index in [2.05, 4.69) is 0 Å². The Morgan fingerprint density at radius 2 is 1.00 bits per heavy atom. The summed E-state index contributed by atoms with van der Waals surface area (Å²) in [4.78, 5) is 0. The van der Waals surface area contributed by atoms with Crippen molar-refractivity contribution in [1.29, 1.82) is 0 Å². The normalized spacial score (nSPS) is 11.7. The number of hydrogen-bond acceptors (Lipinski definition) is 4. The molecule has 12 heteroatoms. The molecule has 0 aromatic heterocycles.